The number of hydrogen-bond acceptors (Lipinski definition) is 4. The molecule has 0 amide bonds. The van der Waals surface area contributed by atoms with Crippen LogP contribution in [-0.2, 0) is 14.8 Å². The first-order valence-corrected chi connectivity index (χ1v) is 7.46. The highest BCUT2D eigenvalue weighted by Gasteiger charge is 2.27. The van der Waals surface area contributed by atoms with Gasteiger partial charge in [-0.3, -0.25) is 4.72 Å². The standard InChI is InChI=1S/C12H15NO5S/c14-12(15)9-2-1-3-10(8-9)13-19(16,17)11-4-6-18-7-5-11/h1-3,8,11,13H,4-7H2,(H,14,15). The van der Waals surface area contributed by atoms with E-state index in [1.807, 2.05) is 0 Å². The lowest BCUT2D eigenvalue weighted by atomic mass is 10.2. The molecule has 1 aromatic carbocycles. The van der Waals surface area contributed by atoms with Crippen molar-refractivity contribution in [1.82, 2.24) is 0 Å². The van der Waals surface area contributed by atoms with Crippen molar-refractivity contribution in [2.45, 2.75) is 18.1 Å². The van der Waals surface area contributed by atoms with Gasteiger partial charge in [-0.05, 0) is 31.0 Å². The summed E-state index contributed by atoms with van der Waals surface area (Å²) in [6, 6.07) is 5.75. The molecular formula is C12H15NO5S. The van der Waals surface area contributed by atoms with Gasteiger partial charge in [0, 0.05) is 18.9 Å². The number of carboxylic acid groups (broad SMARTS) is 1. The van der Waals surface area contributed by atoms with E-state index in [2.05, 4.69) is 4.72 Å². The number of hydrogen-bond donors (Lipinski definition) is 2. The van der Waals surface area contributed by atoms with E-state index < -0.39 is 21.2 Å². The van der Waals surface area contributed by atoms with Gasteiger partial charge in [0.25, 0.3) is 0 Å². The van der Waals surface area contributed by atoms with Crippen LogP contribution in [0.5, 0.6) is 0 Å². The predicted octanol–water partition coefficient (Wildman–Crippen LogP) is 1.31. The molecule has 104 valence electrons. The number of sulfonamides is 1. The lowest BCUT2D eigenvalue weighted by molar-refractivity contribution is 0.0697. The maximum atomic E-state index is 12.1. The van der Waals surface area contributed by atoms with E-state index in [0.29, 0.717) is 26.1 Å². The van der Waals surface area contributed by atoms with Crippen molar-refractivity contribution in [3.63, 3.8) is 0 Å². The van der Waals surface area contributed by atoms with E-state index >= 15 is 0 Å². The molecule has 2 N–H and O–H groups in total. The minimum atomic E-state index is -3.50. The molecule has 0 saturated carbocycles. The third kappa shape index (κ3) is 3.45. The van der Waals surface area contributed by atoms with Gasteiger partial charge in [0.15, 0.2) is 0 Å². The number of ether oxygens (including phenoxy) is 1. The minimum absolute atomic E-state index is 0.0483. The monoisotopic (exact) mass is 285 g/mol. The zero-order chi connectivity index (χ0) is 13.9. The molecule has 0 aromatic heterocycles. The molecule has 7 heteroatoms. The van der Waals surface area contributed by atoms with E-state index in [1.165, 1.54) is 24.3 Å². The SMILES string of the molecule is O=C(O)c1cccc(NS(=O)(=O)C2CCOCC2)c1. The predicted molar refractivity (Wildman–Crippen MR) is 69.8 cm³/mol. The van der Waals surface area contributed by atoms with Gasteiger partial charge in [0.1, 0.15) is 0 Å². The Morgan fingerprint density at radius 3 is 2.63 bits per heavy atom. The van der Waals surface area contributed by atoms with Crippen LogP contribution < -0.4 is 4.72 Å². The van der Waals surface area contributed by atoms with Gasteiger partial charge in [-0.1, -0.05) is 6.07 Å². The van der Waals surface area contributed by atoms with Gasteiger partial charge in [-0.15, -0.1) is 0 Å². The third-order valence-electron chi connectivity index (χ3n) is 2.98. The van der Waals surface area contributed by atoms with Crippen molar-refractivity contribution in [2.24, 2.45) is 0 Å². The molecule has 0 unspecified atom stereocenters. The fraction of sp³-hybridized carbons (Fsp3) is 0.417. The average molecular weight is 285 g/mol. The number of aromatic carboxylic acids is 1. The summed E-state index contributed by atoms with van der Waals surface area (Å²) in [6.07, 6.45) is 0.905. The van der Waals surface area contributed by atoms with Crippen LogP contribution in [-0.4, -0.2) is 38.0 Å². The lowest BCUT2D eigenvalue weighted by Gasteiger charge is -2.22. The van der Waals surface area contributed by atoms with Crippen molar-refractivity contribution in [3.05, 3.63) is 29.8 Å². The van der Waals surface area contributed by atoms with Gasteiger partial charge < -0.3 is 9.84 Å². The summed E-state index contributed by atoms with van der Waals surface area (Å²) in [5.74, 6) is -1.09. The number of benzene rings is 1. The van der Waals surface area contributed by atoms with Gasteiger partial charge in [0.2, 0.25) is 10.0 Å². The van der Waals surface area contributed by atoms with Gasteiger partial charge in [-0.2, -0.15) is 0 Å². The summed E-state index contributed by atoms with van der Waals surface area (Å²) in [5.41, 5.74) is 0.318. The lowest BCUT2D eigenvalue weighted by Crippen LogP contribution is -2.33. The summed E-state index contributed by atoms with van der Waals surface area (Å²) in [5, 5.41) is 8.37. The van der Waals surface area contributed by atoms with Crippen molar-refractivity contribution in [2.75, 3.05) is 17.9 Å². The molecule has 0 atom stereocenters. The Morgan fingerprint density at radius 2 is 2.00 bits per heavy atom. The van der Waals surface area contributed by atoms with Crippen LogP contribution in [0.1, 0.15) is 23.2 Å². The second kappa shape index (κ2) is 5.58. The van der Waals surface area contributed by atoms with E-state index in [4.69, 9.17) is 9.84 Å². The van der Waals surface area contributed by atoms with Crippen molar-refractivity contribution in [1.29, 1.82) is 0 Å². The summed E-state index contributed by atoms with van der Waals surface area (Å²) in [4.78, 5) is 10.8. The third-order valence-corrected chi connectivity index (χ3v) is 4.85. The number of carbonyl (C=O) groups is 1. The van der Waals surface area contributed by atoms with Gasteiger partial charge >= 0.3 is 5.97 Å². The van der Waals surface area contributed by atoms with Crippen LogP contribution in [0.2, 0.25) is 0 Å². The maximum Gasteiger partial charge on any atom is 0.335 e. The highest BCUT2D eigenvalue weighted by atomic mass is 32.2. The van der Waals surface area contributed by atoms with E-state index in [-0.39, 0.29) is 11.3 Å². The molecule has 1 aliphatic rings. The topological polar surface area (TPSA) is 92.7 Å². The first-order valence-electron chi connectivity index (χ1n) is 5.92. The van der Waals surface area contributed by atoms with Crippen molar-refractivity contribution in [3.8, 4) is 0 Å². The molecular weight excluding hydrogens is 270 g/mol. The van der Waals surface area contributed by atoms with Crippen LogP contribution in [0.3, 0.4) is 0 Å². The fourth-order valence-electron chi connectivity index (χ4n) is 1.95. The minimum Gasteiger partial charge on any atom is -0.478 e. The summed E-state index contributed by atoms with van der Waals surface area (Å²) < 4.78 is 31.8. The second-order valence-corrected chi connectivity index (χ2v) is 6.31. The number of rotatable bonds is 4. The van der Waals surface area contributed by atoms with Crippen LogP contribution in [0.25, 0.3) is 0 Å². The maximum absolute atomic E-state index is 12.1. The second-order valence-electron chi connectivity index (χ2n) is 4.34. The number of carboxylic acids is 1. The first kappa shape index (κ1) is 13.8. The molecule has 1 aliphatic heterocycles. The largest absolute Gasteiger partial charge is 0.478 e. The highest BCUT2D eigenvalue weighted by molar-refractivity contribution is 7.93. The molecule has 2 rings (SSSR count). The molecule has 0 spiro atoms. The number of anilines is 1. The smallest absolute Gasteiger partial charge is 0.335 e. The molecule has 1 heterocycles. The molecule has 0 bridgehead atoms. The highest BCUT2D eigenvalue weighted by Crippen LogP contribution is 2.20. The summed E-state index contributed by atoms with van der Waals surface area (Å²) >= 11 is 0. The number of nitrogens with one attached hydrogen (secondary N) is 1. The Labute approximate surface area is 111 Å². The van der Waals surface area contributed by atoms with Crippen LogP contribution in [0.15, 0.2) is 24.3 Å². The van der Waals surface area contributed by atoms with Crippen LogP contribution in [0, 0.1) is 0 Å². The van der Waals surface area contributed by atoms with Crippen LogP contribution in [0.4, 0.5) is 5.69 Å². The summed E-state index contributed by atoms with van der Waals surface area (Å²) in [7, 11) is -3.50. The van der Waals surface area contributed by atoms with Gasteiger partial charge in [-0.25, -0.2) is 13.2 Å². The molecule has 1 aromatic rings. The quantitative estimate of drug-likeness (QED) is 0.870. The molecule has 6 nitrogen and oxygen atoms in total. The average Bonchev–Trinajstić information content (AvgIpc) is 2.39. The molecule has 1 saturated heterocycles. The molecule has 1 fully saturated rings. The molecule has 0 aliphatic carbocycles. The summed E-state index contributed by atoms with van der Waals surface area (Å²) in [6.45, 7) is 0.863. The zero-order valence-electron chi connectivity index (χ0n) is 10.2. The fourth-order valence-corrected chi connectivity index (χ4v) is 3.38. The van der Waals surface area contributed by atoms with Crippen molar-refractivity contribution < 1.29 is 23.1 Å². The van der Waals surface area contributed by atoms with Gasteiger partial charge in [0.05, 0.1) is 10.8 Å². The Balaban J connectivity index is 2.15. The Bertz CT molecular complexity index is 563. The van der Waals surface area contributed by atoms with E-state index in [9.17, 15) is 13.2 Å². The Morgan fingerprint density at radius 1 is 1.32 bits per heavy atom. The Hall–Kier alpha value is -1.60. The normalized spacial score (nSPS) is 17.1. The van der Waals surface area contributed by atoms with E-state index in [1.54, 1.807) is 0 Å². The molecule has 19 heavy (non-hydrogen) atoms. The van der Waals surface area contributed by atoms with E-state index in [0.717, 1.165) is 0 Å². The van der Waals surface area contributed by atoms with Crippen molar-refractivity contribution >= 4 is 21.7 Å². The Kier molecular flexibility index (Phi) is 4.06. The molecule has 0 radical (unpaired) electrons. The van der Waals surface area contributed by atoms with Crippen LogP contribution >= 0.6 is 0 Å². The first-order chi connectivity index (χ1) is 8.99. The zero-order valence-corrected chi connectivity index (χ0v) is 11.0.